The van der Waals surface area contributed by atoms with E-state index in [0.717, 1.165) is 15.9 Å². The van der Waals surface area contributed by atoms with Crippen LogP contribution in [0, 0.1) is 0 Å². The van der Waals surface area contributed by atoms with Crippen molar-refractivity contribution in [1.29, 1.82) is 0 Å². The number of benzene rings is 1. The molecule has 0 aliphatic carbocycles. The van der Waals surface area contributed by atoms with Crippen molar-refractivity contribution in [2.45, 2.75) is 0 Å². The highest BCUT2D eigenvalue weighted by Gasteiger charge is 2.02. The fourth-order valence-electron chi connectivity index (χ4n) is 1.71. The molecule has 4 heteroatoms. The van der Waals surface area contributed by atoms with Gasteiger partial charge < -0.3 is 0 Å². The molecule has 1 aromatic carbocycles. The molecule has 0 saturated heterocycles. The number of nitrogens with zero attached hydrogens (tertiary/aromatic N) is 2. The number of rotatable bonds is 3. The lowest BCUT2D eigenvalue weighted by atomic mass is 10.2. The summed E-state index contributed by atoms with van der Waals surface area (Å²) >= 11 is 1.43. The second-order valence-corrected chi connectivity index (χ2v) is 4.91. The maximum absolute atomic E-state index is 11.8. The maximum Gasteiger partial charge on any atom is 0.195 e. The Labute approximate surface area is 114 Å². The Morgan fingerprint density at radius 3 is 2.74 bits per heavy atom. The fraction of sp³-hybridized carbons (Fsp3) is 0. The predicted octanol–water partition coefficient (Wildman–Crippen LogP) is 3.59. The van der Waals surface area contributed by atoms with E-state index < -0.39 is 0 Å². The Kier molecular flexibility index (Phi) is 3.16. The van der Waals surface area contributed by atoms with Gasteiger partial charge >= 0.3 is 0 Å². The predicted molar refractivity (Wildman–Crippen MR) is 77.2 cm³/mol. The van der Waals surface area contributed by atoms with E-state index in [0.29, 0.717) is 5.69 Å². The fourth-order valence-corrected chi connectivity index (χ4v) is 2.36. The number of para-hydroxylation sites is 2. The van der Waals surface area contributed by atoms with E-state index in [2.05, 4.69) is 9.97 Å². The summed E-state index contributed by atoms with van der Waals surface area (Å²) in [6.45, 7) is 0. The maximum atomic E-state index is 11.8. The van der Waals surface area contributed by atoms with Crippen molar-refractivity contribution >= 4 is 34.2 Å². The molecule has 0 unspecified atom stereocenters. The molecule has 0 N–H and O–H groups in total. The third kappa shape index (κ3) is 2.58. The van der Waals surface area contributed by atoms with E-state index in [9.17, 15) is 4.79 Å². The third-order valence-electron chi connectivity index (χ3n) is 2.64. The molecule has 0 atom stereocenters. The molecular formula is C15H10N2OS. The molecule has 3 rings (SSSR count). The minimum atomic E-state index is -0.00930. The van der Waals surface area contributed by atoms with Crippen molar-refractivity contribution in [2.75, 3.05) is 0 Å². The first-order valence-corrected chi connectivity index (χ1v) is 6.68. The minimum Gasteiger partial charge on any atom is -0.288 e. The van der Waals surface area contributed by atoms with Gasteiger partial charge in [-0.3, -0.25) is 9.78 Å². The van der Waals surface area contributed by atoms with Crippen LogP contribution in [0.2, 0.25) is 0 Å². The average Bonchev–Trinajstić information content (AvgIpc) is 2.99. The summed E-state index contributed by atoms with van der Waals surface area (Å²) in [5.41, 5.74) is 2.36. The zero-order chi connectivity index (χ0) is 13.1. The molecule has 19 heavy (non-hydrogen) atoms. The van der Waals surface area contributed by atoms with Crippen molar-refractivity contribution in [2.24, 2.45) is 0 Å². The summed E-state index contributed by atoms with van der Waals surface area (Å²) in [4.78, 5) is 21.3. The molecule has 2 aromatic heterocycles. The Morgan fingerprint density at radius 1 is 1.11 bits per heavy atom. The smallest absolute Gasteiger partial charge is 0.195 e. The van der Waals surface area contributed by atoms with Gasteiger partial charge in [0.25, 0.3) is 0 Å². The number of aromatic nitrogens is 2. The zero-order valence-electron chi connectivity index (χ0n) is 9.98. The summed E-state index contributed by atoms with van der Waals surface area (Å²) in [5, 5.41) is 1.89. The van der Waals surface area contributed by atoms with Gasteiger partial charge in [0.15, 0.2) is 5.78 Å². The van der Waals surface area contributed by atoms with Crippen LogP contribution < -0.4 is 0 Å². The highest BCUT2D eigenvalue weighted by molar-refractivity contribution is 7.12. The van der Waals surface area contributed by atoms with Gasteiger partial charge in [-0.2, -0.15) is 0 Å². The van der Waals surface area contributed by atoms with Crippen molar-refractivity contribution < 1.29 is 4.79 Å². The first-order chi connectivity index (χ1) is 9.33. The van der Waals surface area contributed by atoms with Gasteiger partial charge in [0, 0.05) is 0 Å². The first-order valence-electron chi connectivity index (χ1n) is 5.81. The van der Waals surface area contributed by atoms with Crippen LogP contribution in [0.5, 0.6) is 0 Å². The molecule has 0 aliphatic heterocycles. The van der Waals surface area contributed by atoms with Crippen LogP contribution in [-0.2, 0) is 0 Å². The van der Waals surface area contributed by atoms with Gasteiger partial charge in [-0.05, 0) is 35.7 Å². The molecule has 0 fully saturated rings. The minimum absolute atomic E-state index is 0.00930. The van der Waals surface area contributed by atoms with Crippen LogP contribution in [0.4, 0.5) is 0 Å². The largest absolute Gasteiger partial charge is 0.288 e. The van der Waals surface area contributed by atoms with E-state index in [1.54, 1.807) is 12.3 Å². The van der Waals surface area contributed by atoms with E-state index in [-0.39, 0.29) is 5.78 Å². The molecule has 0 saturated carbocycles. The number of ketones is 1. The van der Waals surface area contributed by atoms with Crippen LogP contribution in [0.1, 0.15) is 15.4 Å². The van der Waals surface area contributed by atoms with Gasteiger partial charge in [-0.15, -0.1) is 11.3 Å². The van der Waals surface area contributed by atoms with Crippen LogP contribution in [-0.4, -0.2) is 15.8 Å². The number of thiophene rings is 1. The number of fused-ring (bicyclic) bond motifs is 1. The molecule has 3 aromatic rings. The zero-order valence-corrected chi connectivity index (χ0v) is 10.8. The number of carbonyl (C=O) groups excluding carboxylic acids is 1. The van der Waals surface area contributed by atoms with Gasteiger partial charge in [0.2, 0.25) is 0 Å². The van der Waals surface area contributed by atoms with E-state index >= 15 is 0 Å². The number of hydrogen-bond acceptors (Lipinski definition) is 4. The van der Waals surface area contributed by atoms with Crippen LogP contribution >= 0.6 is 11.3 Å². The molecule has 2 heterocycles. The normalized spacial score (nSPS) is 11.2. The summed E-state index contributed by atoms with van der Waals surface area (Å²) in [6.07, 6.45) is 4.90. The lowest BCUT2D eigenvalue weighted by Crippen LogP contribution is -1.91. The average molecular weight is 266 g/mol. The van der Waals surface area contributed by atoms with E-state index in [4.69, 9.17) is 0 Å². The third-order valence-corrected chi connectivity index (χ3v) is 3.52. The second-order valence-electron chi connectivity index (χ2n) is 3.96. The Bertz CT molecular complexity index is 748. The summed E-state index contributed by atoms with van der Waals surface area (Å²) in [7, 11) is 0. The van der Waals surface area contributed by atoms with Crippen molar-refractivity contribution in [3.63, 3.8) is 0 Å². The van der Waals surface area contributed by atoms with Crippen molar-refractivity contribution in [1.82, 2.24) is 9.97 Å². The Balaban J connectivity index is 1.87. The van der Waals surface area contributed by atoms with E-state index in [1.807, 2.05) is 41.8 Å². The standard InChI is InChI=1S/C15H10N2OS/c18-14(15-6-3-9-19-15)8-7-11-10-16-12-4-1-2-5-13(12)17-11/h1-10H/b8-7+. The van der Waals surface area contributed by atoms with Crippen LogP contribution in [0.3, 0.4) is 0 Å². The highest BCUT2D eigenvalue weighted by Crippen LogP contribution is 2.12. The summed E-state index contributed by atoms with van der Waals surface area (Å²) in [6, 6.07) is 11.3. The molecule has 0 aliphatic rings. The molecular weight excluding hydrogens is 256 g/mol. The van der Waals surface area contributed by atoms with Crippen molar-refractivity contribution in [3.05, 3.63) is 64.6 Å². The van der Waals surface area contributed by atoms with Crippen molar-refractivity contribution in [3.8, 4) is 0 Å². The van der Waals surface area contributed by atoms with Crippen LogP contribution in [0.25, 0.3) is 17.1 Å². The lowest BCUT2D eigenvalue weighted by molar-refractivity contribution is 0.105. The Morgan fingerprint density at radius 2 is 1.95 bits per heavy atom. The van der Waals surface area contributed by atoms with Gasteiger partial charge in [0.1, 0.15) is 0 Å². The van der Waals surface area contributed by atoms with Gasteiger partial charge in [0.05, 0.1) is 27.8 Å². The summed E-state index contributed by atoms with van der Waals surface area (Å²) < 4.78 is 0. The summed E-state index contributed by atoms with van der Waals surface area (Å²) in [5.74, 6) is -0.00930. The molecule has 3 nitrogen and oxygen atoms in total. The molecule has 0 radical (unpaired) electrons. The molecule has 0 spiro atoms. The number of carbonyl (C=O) groups is 1. The number of hydrogen-bond donors (Lipinski definition) is 0. The molecule has 92 valence electrons. The van der Waals surface area contributed by atoms with E-state index in [1.165, 1.54) is 17.4 Å². The topological polar surface area (TPSA) is 42.9 Å². The number of allylic oxidation sites excluding steroid dienone is 1. The molecule has 0 bridgehead atoms. The van der Waals surface area contributed by atoms with Gasteiger partial charge in [-0.1, -0.05) is 18.2 Å². The lowest BCUT2D eigenvalue weighted by Gasteiger charge is -1.97. The Hall–Kier alpha value is -2.33. The quantitative estimate of drug-likeness (QED) is 0.537. The highest BCUT2D eigenvalue weighted by atomic mass is 32.1. The van der Waals surface area contributed by atoms with Crippen LogP contribution in [0.15, 0.2) is 54.1 Å². The first kappa shape index (κ1) is 11.7. The monoisotopic (exact) mass is 266 g/mol. The molecule has 0 amide bonds. The van der Waals surface area contributed by atoms with Gasteiger partial charge in [-0.25, -0.2) is 4.98 Å². The SMILES string of the molecule is O=C(/C=C/c1cnc2ccccc2n1)c1cccs1. The second kappa shape index (κ2) is 5.12.